The van der Waals surface area contributed by atoms with Crippen LogP contribution in [-0.4, -0.2) is 41.6 Å². The van der Waals surface area contributed by atoms with E-state index in [1.54, 1.807) is 29.1 Å². The van der Waals surface area contributed by atoms with E-state index < -0.39 is 5.91 Å². The number of H-pyrrole nitrogens is 1. The predicted molar refractivity (Wildman–Crippen MR) is 93.4 cm³/mol. The first-order valence-corrected chi connectivity index (χ1v) is 8.45. The molecule has 0 unspecified atom stereocenters. The molecule has 0 radical (unpaired) electrons. The summed E-state index contributed by atoms with van der Waals surface area (Å²) >= 11 is 0. The molecule has 1 aliphatic carbocycles. The van der Waals surface area contributed by atoms with Crippen molar-refractivity contribution < 1.29 is 9.90 Å². The molecule has 4 rings (SSSR count). The molecule has 1 fully saturated rings. The minimum Gasteiger partial charge on any atom is -0.393 e. The van der Waals surface area contributed by atoms with Gasteiger partial charge >= 0.3 is 5.69 Å². The number of aliphatic hydroxyl groups excluding tert-OH is 1. The van der Waals surface area contributed by atoms with Gasteiger partial charge in [0.15, 0.2) is 17.2 Å². The van der Waals surface area contributed by atoms with Crippen LogP contribution < -0.4 is 11.4 Å². The Hall–Kier alpha value is -3.07. The van der Waals surface area contributed by atoms with Crippen LogP contribution in [0.4, 0.5) is 0 Å². The molecule has 1 amide bonds. The lowest BCUT2D eigenvalue weighted by atomic mass is 9.93. The summed E-state index contributed by atoms with van der Waals surface area (Å²) in [6.07, 6.45) is 5.42. The van der Waals surface area contributed by atoms with Gasteiger partial charge < -0.3 is 15.8 Å². The first-order valence-electron chi connectivity index (χ1n) is 8.45. The minimum atomic E-state index is -0.741. The molecule has 0 saturated heterocycles. The van der Waals surface area contributed by atoms with Crippen molar-refractivity contribution in [3.63, 3.8) is 0 Å². The number of aromatic amines is 1. The van der Waals surface area contributed by atoms with Crippen molar-refractivity contribution in [2.24, 2.45) is 5.73 Å². The molecular formula is C17H18N6O3. The highest BCUT2D eigenvalue weighted by atomic mass is 16.3. The number of pyridine rings is 1. The summed E-state index contributed by atoms with van der Waals surface area (Å²) in [5, 5.41) is 9.73. The SMILES string of the molecule is NC(=O)c1nc(-c2cccnc2)nc2c1[nH]c(=O)n2C1CCC(O)CC1. The summed E-state index contributed by atoms with van der Waals surface area (Å²) in [5.74, 6) is -0.460. The molecule has 1 aliphatic rings. The molecule has 0 atom stereocenters. The second kappa shape index (κ2) is 6.34. The van der Waals surface area contributed by atoms with Crippen LogP contribution >= 0.6 is 0 Å². The molecule has 3 heterocycles. The Balaban J connectivity index is 1.93. The summed E-state index contributed by atoms with van der Waals surface area (Å²) < 4.78 is 1.55. The van der Waals surface area contributed by atoms with Gasteiger partial charge in [0.2, 0.25) is 0 Å². The first kappa shape index (κ1) is 16.4. The first-order chi connectivity index (χ1) is 12.5. The molecule has 3 aromatic heterocycles. The van der Waals surface area contributed by atoms with E-state index in [-0.39, 0.29) is 34.9 Å². The second-order valence-electron chi connectivity index (χ2n) is 6.46. The number of amides is 1. The third kappa shape index (κ3) is 2.76. The lowest BCUT2D eigenvalue weighted by Crippen LogP contribution is -2.27. The summed E-state index contributed by atoms with van der Waals surface area (Å²) in [6, 6.07) is 3.40. The number of nitrogens with zero attached hydrogens (tertiary/aromatic N) is 4. The fourth-order valence-corrected chi connectivity index (χ4v) is 3.46. The number of hydrogen-bond donors (Lipinski definition) is 3. The fourth-order valence-electron chi connectivity index (χ4n) is 3.46. The molecular weight excluding hydrogens is 336 g/mol. The Bertz CT molecular complexity index is 1020. The molecule has 4 N–H and O–H groups in total. The fraction of sp³-hybridized carbons (Fsp3) is 0.353. The number of carbonyl (C=O) groups excluding carboxylic acids is 1. The number of fused-ring (bicyclic) bond motifs is 1. The van der Waals surface area contributed by atoms with E-state index in [2.05, 4.69) is 19.9 Å². The molecule has 9 heteroatoms. The Morgan fingerprint density at radius 3 is 2.69 bits per heavy atom. The molecule has 0 aromatic carbocycles. The summed E-state index contributed by atoms with van der Waals surface area (Å²) in [7, 11) is 0. The van der Waals surface area contributed by atoms with Crippen molar-refractivity contribution in [2.75, 3.05) is 0 Å². The molecule has 26 heavy (non-hydrogen) atoms. The van der Waals surface area contributed by atoms with E-state index in [9.17, 15) is 14.7 Å². The Morgan fingerprint density at radius 2 is 2.04 bits per heavy atom. The molecule has 0 aliphatic heterocycles. The molecule has 0 bridgehead atoms. The van der Waals surface area contributed by atoms with Gasteiger partial charge in [-0.05, 0) is 37.8 Å². The largest absolute Gasteiger partial charge is 0.393 e. The number of nitrogens with one attached hydrogen (secondary N) is 1. The third-order valence-electron chi connectivity index (χ3n) is 4.75. The maximum atomic E-state index is 12.6. The number of carbonyl (C=O) groups is 1. The maximum Gasteiger partial charge on any atom is 0.327 e. The number of primary amides is 1. The molecule has 0 spiro atoms. The van der Waals surface area contributed by atoms with Crippen molar-refractivity contribution in [2.45, 2.75) is 37.8 Å². The van der Waals surface area contributed by atoms with Crippen LogP contribution in [0.5, 0.6) is 0 Å². The van der Waals surface area contributed by atoms with Crippen molar-refractivity contribution in [3.8, 4) is 11.4 Å². The van der Waals surface area contributed by atoms with Crippen molar-refractivity contribution in [1.82, 2.24) is 24.5 Å². The van der Waals surface area contributed by atoms with Crippen LogP contribution in [-0.2, 0) is 0 Å². The van der Waals surface area contributed by atoms with Crippen LogP contribution in [0, 0.1) is 0 Å². The van der Waals surface area contributed by atoms with Crippen LogP contribution in [0.15, 0.2) is 29.3 Å². The summed E-state index contributed by atoms with van der Waals surface area (Å²) in [4.78, 5) is 39.9. The number of rotatable bonds is 3. The third-order valence-corrected chi connectivity index (χ3v) is 4.75. The lowest BCUT2D eigenvalue weighted by Gasteiger charge is -2.26. The lowest BCUT2D eigenvalue weighted by molar-refractivity contribution is 0.0997. The van der Waals surface area contributed by atoms with Gasteiger partial charge in [0, 0.05) is 24.0 Å². The van der Waals surface area contributed by atoms with E-state index in [0.29, 0.717) is 36.9 Å². The van der Waals surface area contributed by atoms with Crippen LogP contribution in [0.3, 0.4) is 0 Å². The van der Waals surface area contributed by atoms with Gasteiger partial charge in [0.05, 0.1) is 6.10 Å². The van der Waals surface area contributed by atoms with Gasteiger partial charge in [0.1, 0.15) is 5.52 Å². The van der Waals surface area contributed by atoms with E-state index >= 15 is 0 Å². The van der Waals surface area contributed by atoms with Crippen molar-refractivity contribution >= 4 is 17.1 Å². The normalized spacial score (nSPS) is 20.3. The second-order valence-corrected chi connectivity index (χ2v) is 6.46. The smallest absolute Gasteiger partial charge is 0.327 e. The van der Waals surface area contributed by atoms with E-state index in [1.807, 2.05) is 0 Å². The average molecular weight is 354 g/mol. The standard InChI is InChI=1S/C17H18N6O3/c18-14(25)12-13-16(22-15(20-12)9-2-1-7-19-8-9)23(17(26)21-13)10-3-5-11(24)6-4-10/h1-2,7-8,10-11,24H,3-6H2,(H2,18,25)(H,21,26). The van der Waals surface area contributed by atoms with E-state index in [0.717, 1.165) is 0 Å². The summed E-state index contributed by atoms with van der Waals surface area (Å²) in [6.45, 7) is 0. The minimum absolute atomic E-state index is 0.0273. The number of aromatic nitrogens is 5. The molecule has 134 valence electrons. The van der Waals surface area contributed by atoms with Gasteiger partial charge in [-0.2, -0.15) is 0 Å². The zero-order valence-corrected chi connectivity index (χ0v) is 13.9. The van der Waals surface area contributed by atoms with Gasteiger partial charge in [-0.15, -0.1) is 0 Å². The number of aliphatic hydroxyl groups is 1. The topological polar surface area (TPSA) is 140 Å². The van der Waals surface area contributed by atoms with Gasteiger partial charge in [-0.3, -0.25) is 14.3 Å². The van der Waals surface area contributed by atoms with Gasteiger partial charge in [0.25, 0.3) is 5.91 Å². The molecule has 3 aromatic rings. The van der Waals surface area contributed by atoms with E-state index in [1.165, 1.54) is 0 Å². The van der Waals surface area contributed by atoms with E-state index in [4.69, 9.17) is 5.73 Å². The zero-order chi connectivity index (χ0) is 18.3. The van der Waals surface area contributed by atoms with Gasteiger partial charge in [-0.1, -0.05) is 0 Å². The number of hydrogen-bond acceptors (Lipinski definition) is 6. The van der Waals surface area contributed by atoms with Crippen LogP contribution in [0.1, 0.15) is 42.2 Å². The quantitative estimate of drug-likeness (QED) is 0.634. The Kier molecular flexibility index (Phi) is 4.00. The van der Waals surface area contributed by atoms with Crippen molar-refractivity contribution in [1.29, 1.82) is 0 Å². The van der Waals surface area contributed by atoms with Crippen molar-refractivity contribution in [3.05, 3.63) is 40.7 Å². The highest BCUT2D eigenvalue weighted by Crippen LogP contribution is 2.30. The molecule has 9 nitrogen and oxygen atoms in total. The highest BCUT2D eigenvalue weighted by Gasteiger charge is 2.26. The van der Waals surface area contributed by atoms with Gasteiger partial charge in [-0.25, -0.2) is 14.8 Å². The maximum absolute atomic E-state index is 12.6. The van der Waals surface area contributed by atoms with Crippen LogP contribution in [0.25, 0.3) is 22.6 Å². The number of imidazole rings is 1. The highest BCUT2D eigenvalue weighted by molar-refractivity contribution is 6.01. The average Bonchev–Trinajstić information content (AvgIpc) is 2.98. The molecule has 1 saturated carbocycles. The number of nitrogens with two attached hydrogens (primary N) is 1. The van der Waals surface area contributed by atoms with Crippen LogP contribution in [0.2, 0.25) is 0 Å². The summed E-state index contributed by atoms with van der Waals surface area (Å²) in [5.41, 5.74) is 6.29. The predicted octanol–water partition coefficient (Wildman–Crippen LogP) is 0.756. The zero-order valence-electron chi connectivity index (χ0n) is 13.9. The Labute approximate surface area is 147 Å². The Morgan fingerprint density at radius 1 is 1.27 bits per heavy atom. The monoisotopic (exact) mass is 354 g/mol.